The van der Waals surface area contributed by atoms with E-state index in [4.69, 9.17) is 23.2 Å². The van der Waals surface area contributed by atoms with E-state index in [1.165, 1.54) is 23.9 Å². The van der Waals surface area contributed by atoms with Crippen molar-refractivity contribution in [2.75, 3.05) is 13.1 Å². The molecule has 0 bridgehead atoms. The normalized spacial score (nSPS) is 15.9. The first-order valence-corrected chi connectivity index (χ1v) is 8.15. The number of likely N-dealkylation sites (tertiary alicyclic amines) is 1. The summed E-state index contributed by atoms with van der Waals surface area (Å²) in [4.78, 5) is 14.3. The van der Waals surface area contributed by atoms with Gasteiger partial charge in [0, 0.05) is 11.6 Å². The van der Waals surface area contributed by atoms with Crippen LogP contribution >= 0.6 is 23.2 Å². The zero-order valence-electron chi connectivity index (χ0n) is 12.1. The van der Waals surface area contributed by atoms with Gasteiger partial charge in [-0.2, -0.15) is 5.10 Å². The number of halogens is 2. The van der Waals surface area contributed by atoms with E-state index in [-0.39, 0.29) is 5.56 Å². The van der Waals surface area contributed by atoms with Crippen molar-refractivity contribution in [1.29, 1.82) is 0 Å². The molecule has 1 aromatic heterocycles. The van der Waals surface area contributed by atoms with Gasteiger partial charge in [-0.05, 0) is 44.1 Å². The average Bonchev–Trinajstić information content (AvgIpc) is 2.53. The van der Waals surface area contributed by atoms with Crippen molar-refractivity contribution in [3.8, 4) is 11.3 Å². The van der Waals surface area contributed by atoms with Gasteiger partial charge < -0.3 is 0 Å². The zero-order valence-corrected chi connectivity index (χ0v) is 13.6. The molecule has 1 aliphatic heterocycles. The Balaban J connectivity index is 1.88. The molecule has 22 heavy (non-hydrogen) atoms. The summed E-state index contributed by atoms with van der Waals surface area (Å²) in [7, 11) is 0. The van der Waals surface area contributed by atoms with E-state index in [1.807, 2.05) is 6.07 Å². The fourth-order valence-corrected chi connectivity index (χ4v) is 2.95. The zero-order chi connectivity index (χ0) is 15.5. The standard InChI is InChI=1S/C16H17Cl2N3O/c17-13-5-4-12(10-14(13)18)15-6-7-16(22)21(19-15)11-20-8-2-1-3-9-20/h4-7,10H,1-3,8-9,11H2. The highest BCUT2D eigenvalue weighted by Gasteiger charge is 2.12. The average molecular weight is 338 g/mol. The second kappa shape index (κ2) is 6.82. The molecule has 1 aromatic carbocycles. The highest BCUT2D eigenvalue weighted by molar-refractivity contribution is 6.42. The molecule has 0 radical (unpaired) electrons. The minimum Gasteiger partial charge on any atom is -0.284 e. The number of benzene rings is 1. The maximum Gasteiger partial charge on any atom is 0.268 e. The number of piperidine rings is 1. The SMILES string of the molecule is O=c1ccc(-c2ccc(Cl)c(Cl)c2)nn1CN1CCCCC1. The van der Waals surface area contributed by atoms with Crippen LogP contribution < -0.4 is 5.56 Å². The molecule has 0 spiro atoms. The molecule has 0 atom stereocenters. The van der Waals surface area contributed by atoms with Crippen molar-refractivity contribution in [3.63, 3.8) is 0 Å². The van der Waals surface area contributed by atoms with E-state index in [1.54, 1.807) is 24.3 Å². The first-order valence-electron chi connectivity index (χ1n) is 7.39. The minimum atomic E-state index is -0.0885. The second-order valence-electron chi connectivity index (χ2n) is 5.51. The Morgan fingerprint density at radius 2 is 1.77 bits per heavy atom. The Bertz CT molecular complexity index is 724. The topological polar surface area (TPSA) is 38.1 Å². The number of rotatable bonds is 3. The summed E-state index contributed by atoms with van der Waals surface area (Å²) < 4.78 is 1.52. The highest BCUT2D eigenvalue weighted by Crippen LogP contribution is 2.27. The summed E-state index contributed by atoms with van der Waals surface area (Å²) in [6.45, 7) is 2.57. The summed E-state index contributed by atoms with van der Waals surface area (Å²) in [6.07, 6.45) is 3.63. The lowest BCUT2D eigenvalue weighted by Crippen LogP contribution is -2.36. The monoisotopic (exact) mass is 337 g/mol. The summed E-state index contributed by atoms with van der Waals surface area (Å²) in [5.74, 6) is 0. The molecule has 0 saturated carbocycles. The summed E-state index contributed by atoms with van der Waals surface area (Å²) in [5, 5.41) is 5.46. The van der Waals surface area contributed by atoms with Crippen LogP contribution in [-0.2, 0) is 6.67 Å². The van der Waals surface area contributed by atoms with Crippen LogP contribution in [0.3, 0.4) is 0 Å². The molecule has 1 aliphatic rings. The van der Waals surface area contributed by atoms with Gasteiger partial charge >= 0.3 is 0 Å². The van der Waals surface area contributed by atoms with Crippen LogP contribution in [0.25, 0.3) is 11.3 Å². The maximum atomic E-state index is 12.0. The van der Waals surface area contributed by atoms with E-state index >= 15 is 0 Å². The van der Waals surface area contributed by atoms with E-state index in [0.717, 1.165) is 24.3 Å². The lowest BCUT2D eigenvalue weighted by molar-refractivity contribution is 0.170. The minimum absolute atomic E-state index is 0.0885. The van der Waals surface area contributed by atoms with Crippen LogP contribution in [0.5, 0.6) is 0 Å². The Kier molecular flexibility index (Phi) is 4.81. The maximum absolute atomic E-state index is 12.0. The van der Waals surface area contributed by atoms with Gasteiger partial charge in [-0.25, -0.2) is 4.68 Å². The third-order valence-corrected chi connectivity index (χ3v) is 4.60. The van der Waals surface area contributed by atoms with Crippen LogP contribution in [0.1, 0.15) is 19.3 Å². The number of hydrogen-bond donors (Lipinski definition) is 0. The summed E-state index contributed by atoms with van der Waals surface area (Å²) in [6, 6.07) is 8.62. The molecule has 0 amide bonds. The van der Waals surface area contributed by atoms with Crippen molar-refractivity contribution < 1.29 is 0 Å². The first kappa shape index (κ1) is 15.5. The highest BCUT2D eigenvalue weighted by atomic mass is 35.5. The third kappa shape index (κ3) is 3.51. The van der Waals surface area contributed by atoms with Crippen LogP contribution in [0.2, 0.25) is 10.0 Å². The van der Waals surface area contributed by atoms with Gasteiger partial charge in [-0.1, -0.05) is 35.7 Å². The molecule has 0 N–H and O–H groups in total. The van der Waals surface area contributed by atoms with Crippen molar-refractivity contribution >= 4 is 23.2 Å². The lowest BCUT2D eigenvalue weighted by Gasteiger charge is -2.26. The fourth-order valence-electron chi connectivity index (χ4n) is 2.65. The van der Waals surface area contributed by atoms with Crippen molar-refractivity contribution in [2.24, 2.45) is 0 Å². The van der Waals surface area contributed by atoms with Gasteiger partial charge in [-0.15, -0.1) is 0 Å². The van der Waals surface area contributed by atoms with E-state index in [9.17, 15) is 4.79 Å². The third-order valence-electron chi connectivity index (χ3n) is 3.86. The summed E-state index contributed by atoms with van der Waals surface area (Å²) >= 11 is 12.0. The van der Waals surface area contributed by atoms with Crippen molar-refractivity contribution in [1.82, 2.24) is 14.7 Å². The molecule has 1 fully saturated rings. The molecule has 3 rings (SSSR count). The molecule has 6 heteroatoms. The van der Waals surface area contributed by atoms with Crippen molar-refractivity contribution in [3.05, 3.63) is 50.7 Å². The smallest absolute Gasteiger partial charge is 0.268 e. The van der Waals surface area contributed by atoms with E-state index in [2.05, 4.69) is 10.00 Å². The predicted molar refractivity (Wildman–Crippen MR) is 89.4 cm³/mol. The Labute approximate surface area is 139 Å². The molecule has 0 unspecified atom stereocenters. The molecule has 116 valence electrons. The van der Waals surface area contributed by atoms with E-state index < -0.39 is 0 Å². The van der Waals surface area contributed by atoms with Crippen LogP contribution in [0, 0.1) is 0 Å². The lowest BCUT2D eigenvalue weighted by atomic mass is 10.1. The van der Waals surface area contributed by atoms with Gasteiger partial charge in [-0.3, -0.25) is 9.69 Å². The second-order valence-corrected chi connectivity index (χ2v) is 6.32. The number of nitrogens with zero attached hydrogens (tertiary/aromatic N) is 3. The quantitative estimate of drug-likeness (QED) is 0.857. The van der Waals surface area contributed by atoms with Crippen LogP contribution in [0.15, 0.2) is 35.1 Å². The van der Waals surface area contributed by atoms with Crippen molar-refractivity contribution in [2.45, 2.75) is 25.9 Å². The van der Waals surface area contributed by atoms with Gasteiger partial charge in [0.2, 0.25) is 0 Å². The first-order chi connectivity index (χ1) is 10.6. The largest absolute Gasteiger partial charge is 0.284 e. The number of aromatic nitrogens is 2. The molecular weight excluding hydrogens is 321 g/mol. The molecule has 2 aromatic rings. The van der Waals surface area contributed by atoms with Gasteiger partial charge in [0.25, 0.3) is 5.56 Å². The van der Waals surface area contributed by atoms with Gasteiger partial charge in [0.15, 0.2) is 0 Å². The molecular formula is C16H17Cl2N3O. The van der Waals surface area contributed by atoms with Gasteiger partial charge in [0.05, 0.1) is 22.4 Å². The fraction of sp³-hybridized carbons (Fsp3) is 0.375. The molecule has 0 aliphatic carbocycles. The Hall–Kier alpha value is -1.36. The van der Waals surface area contributed by atoms with E-state index in [0.29, 0.717) is 16.7 Å². The predicted octanol–water partition coefficient (Wildman–Crippen LogP) is 3.66. The Morgan fingerprint density at radius 1 is 1.00 bits per heavy atom. The molecule has 1 saturated heterocycles. The Morgan fingerprint density at radius 3 is 2.50 bits per heavy atom. The molecule has 2 heterocycles. The van der Waals surface area contributed by atoms with Gasteiger partial charge in [0.1, 0.15) is 0 Å². The van der Waals surface area contributed by atoms with Crippen LogP contribution in [-0.4, -0.2) is 27.8 Å². The molecule has 4 nitrogen and oxygen atoms in total. The van der Waals surface area contributed by atoms with Crippen LogP contribution in [0.4, 0.5) is 0 Å². The summed E-state index contributed by atoms with van der Waals surface area (Å²) in [5.41, 5.74) is 1.48. The number of hydrogen-bond acceptors (Lipinski definition) is 3.